The molecule has 4 rings (SSSR count). The summed E-state index contributed by atoms with van der Waals surface area (Å²) < 4.78 is 26.1. The van der Waals surface area contributed by atoms with Gasteiger partial charge in [0.25, 0.3) is 5.91 Å². The van der Waals surface area contributed by atoms with E-state index in [1.165, 1.54) is 49.6 Å². The van der Waals surface area contributed by atoms with Gasteiger partial charge in [-0.25, -0.2) is 9.18 Å². The summed E-state index contributed by atoms with van der Waals surface area (Å²) in [6.45, 7) is 0. The third-order valence-corrected chi connectivity index (χ3v) is 6.16. The minimum absolute atomic E-state index is 0.0285. The van der Waals surface area contributed by atoms with E-state index in [0.717, 1.165) is 0 Å². The van der Waals surface area contributed by atoms with E-state index in [0.29, 0.717) is 16.5 Å². The van der Waals surface area contributed by atoms with Crippen LogP contribution >= 0.6 is 23.2 Å². The lowest BCUT2D eigenvalue weighted by Gasteiger charge is -2.22. The van der Waals surface area contributed by atoms with E-state index in [1.807, 2.05) is 12.1 Å². The van der Waals surface area contributed by atoms with E-state index in [2.05, 4.69) is 5.32 Å². The molecule has 0 aliphatic heterocycles. The van der Waals surface area contributed by atoms with Crippen molar-refractivity contribution in [1.29, 1.82) is 0 Å². The highest BCUT2D eigenvalue weighted by molar-refractivity contribution is 6.37. The summed E-state index contributed by atoms with van der Waals surface area (Å²) in [6, 6.07) is 19.9. The lowest BCUT2D eigenvalue weighted by Crippen LogP contribution is -2.15. The van der Waals surface area contributed by atoms with Crippen LogP contribution in [-0.4, -0.2) is 31.1 Å². The third-order valence-electron chi connectivity index (χ3n) is 5.61. The zero-order valence-electron chi connectivity index (χ0n) is 20.2. The van der Waals surface area contributed by atoms with E-state index in [9.17, 15) is 14.7 Å². The van der Waals surface area contributed by atoms with Gasteiger partial charge in [-0.1, -0.05) is 35.3 Å². The largest absolute Gasteiger partial charge is 0.495 e. The number of ether oxygens (including phenoxy) is 2. The number of nitrogens with one attached hydrogen (secondary N) is 1. The van der Waals surface area contributed by atoms with Crippen LogP contribution in [0.1, 0.15) is 20.7 Å². The number of rotatable bonds is 8. The Morgan fingerprint density at radius 1 is 0.895 bits per heavy atom. The summed E-state index contributed by atoms with van der Waals surface area (Å²) in [6.07, 6.45) is 0. The van der Waals surface area contributed by atoms with E-state index in [4.69, 9.17) is 32.7 Å². The van der Waals surface area contributed by atoms with Gasteiger partial charge in [0.15, 0.2) is 5.82 Å². The van der Waals surface area contributed by atoms with Gasteiger partial charge < -0.3 is 24.8 Å². The molecule has 0 saturated carbocycles. The van der Waals surface area contributed by atoms with E-state index < -0.39 is 17.7 Å². The number of methoxy groups -OCH3 is 1. The Hall–Kier alpha value is -4.27. The highest BCUT2D eigenvalue weighted by Crippen LogP contribution is 2.36. The summed E-state index contributed by atoms with van der Waals surface area (Å²) in [7, 11) is 3.25. The number of carboxylic acid groups (broad SMARTS) is 1. The minimum atomic E-state index is -1.30. The zero-order chi connectivity index (χ0) is 27.4. The fraction of sp³-hybridized carbons (Fsp3) is 0.0714. The first kappa shape index (κ1) is 26.8. The number of benzene rings is 4. The molecule has 0 aliphatic rings. The van der Waals surface area contributed by atoms with Crippen molar-refractivity contribution in [2.45, 2.75) is 0 Å². The summed E-state index contributed by atoms with van der Waals surface area (Å²) >= 11 is 11.9. The zero-order valence-corrected chi connectivity index (χ0v) is 21.7. The molecular weight excluding hydrogens is 534 g/mol. The fourth-order valence-corrected chi connectivity index (χ4v) is 4.23. The Balaban J connectivity index is 1.55. The number of carbonyl (C=O) groups excluding carboxylic acids is 1. The maximum Gasteiger partial charge on any atom is 0.337 e. The predicted molar refractivity (Wildman–Crippen MR) is 145 cm³/mol. The van der Waals surface area contributed by atoms with Crippen LogP contribution in [0.15, 0.2) is 78.9 Å². The Kier molecular flexibility index (Phi) is 8.05. The molecule has 194 valence electrons. The van der Waals surface area contributed by atoms with Crippen LogP contribution in [0.5, 0.6) is 17.2 Å². The molecule has 0 atom stereocenters. The third kappa shape index (κ3) is 5.82. The quantitative estimate of drug-likeness (QED) is 0.232. The van der Waals surface area contributed by atoms with Crippen LogP contribution in [0, 0.1) is 5.82 Å². The topological polar surface area (TPSA) is 88.1 Å². The van der Waals surface area contributed by atoms with Crippen LogP contribution in [0.25, 0.3) is 0 Å². The van der Waals surface area contributed by atoms with Gasteiger partial charge in [-0.05, 0) is 60.7 Å². The number of nitrogens with zero attached hydrogens (tertiary/aromatic N) is 1. The number of carbonyl (C=O) groups is 2. The summed E-state index contributed by atoms with van der Waals surface area (Å²) in [5.41, 5.74) is 0.884. The van der Waals surface area contributed by atoms with Crippen molar-refractivity contribution in [3.05, 3.63) is 106 Å². The molecule has 0 saturated heterocycles. The lowest BCUT2D eigenvalue weighted by atomic mass is 10.1. The molecule has 0 aromatic heterocycles. The Morgan fingerprint density at radius 2 is 1.61 bits per heavy atom. The van der Waals surface area contributed by atoms with Crippen molar-refractivity contribution in [3.63, 3.8) is 0 Å². The first-order chi connectivity index (χ1) is 18.2. The minimum Gasteiger partial charge on any atom is -0.495 e. The maximum atomic E-state index is 15.0. The predicted octanol–water partition coefficient (Wildman–Crippen LogP) is 7.65. The average Bonchev–Trinajstić information content (AvgIpc) is 2.89. The van der Waals surface area contributed by atoms with Crippen molar-refractivity contribution in [1.82, 2.24) is 0 Å². The molecule has 1 amide bonds. The smallest absolute Gasteiger partial charge is 0.337 e. The van der Waals surface area contributed by atoms with Gasteiger partial charge in [-0.3, -0.25) is 4.79 Å². The second kappa shape index (κ2) is 11.4. The molecular formula is C28H21Cl2FN2O5. The number of para-hydroxylation sites is 2. The molecule has 10 heteroatoms. The van der Waals surface area contributed by atoms with E-state index in [1.54, 1.807) is 36.2 Å². The Labute approximate surface area is 227 Å². The number of halogens is 3. The molecule has 0 spiro atoms. The molecule has 0 aliphatic carbocycles. The summed E-state index contributed by atoms with van der Waals surface area (Å²) in [5, 5.41) is 12.7. The number of carboxylic acids is 1. The normalized spacial score (nSPS) is 10.6. The van der Waals surface area contributed by atoms with Crippen LogP contribution < -0.4 is 19.7 Å². The average molecular weight is 555 g/mol. The molecule has 2 N–H and O–H groups in total. The van der Waals surface area contributed by atoms with E-state index >= 15 is 4.39 Å². The summed E-state index contributed by atoms with van der Waals surface area (Å²) in [4.78, 5) is 26.2. The maximum absolute atomic E-state index is 15.0. The lowest BCUT2D eigenvalue weighted by molar-refractivity contribution is 0.0697. The monoisotopic (exact) mass is 554 g/mol. The first-order valence-electron chi connectivity index (χ1n) is 11.2. The number of hydrogen-bond acceptors (Lipinski definition) is 5. The highest BCUT2D eigenvalue weighted by Gasteiger charge is 2.18. The fourth-order valence-electron chi connectivity index (χ4n) is 3.73. The highest BCUT2D eigenvalue weighted by atomic mass is 35.5. The van der Waals surface area contributed by atoms with Crippen molar-refractivity contribution in [3.8, 4) is 17.2 Å². The molecule has 0 unspecified atom stereocenters. The summed E-state index contributed by atoms with van der Waals surface area (Å²) in [5.74, 6) is -1.59. The molecule has 0 bridgehead atoms. The second-order valence-electron chi connectivity index (χ2n) is 8.04. The molecule has 0 fully saturated rings. The van der Waals surface area contributed by atoms with Crippen LogP contribution in [0.2, 0.25) is 10.0 Å². The van der Waals surface area contributed by atoms with E-state index in [-0.39, 0.29) is 39.0 Å². The molecule has 4 aromatic carbocycles. The van der Waals surface area contributed by atoms with Crippen molar-refractivity contribution < 1.29 is 28.6 Å². The first-order valence-corrected chi connectivity index (χ1v) is 11.9. The number of anilines is 3. The van der Waals surface area contributed by atoms with Crippen LogP contribution in [-0.2, 0) is 0 Å². The van der Waals surface area contributed by atoms with Crippen molar-refractivity contribution >= 4 is 52.1 Å². The standard InChI is InChI=1S/C28H21Cl2FN2O5/c1-33(25-5-3-4-6-26(25)37-2)24-12-9-18(15-22(24)31)38-17-8-11-23(20(14-17)28(35)36)32-27(34)19-10-7-16(29)13-21(19)30/h3-15H,1-2H3,(H,32,34)(H,35,36). The van der Waals surface area contributed by atoms with Gasteiger partial charge in [0.2, 0.25) is 0 Å². The molecule has 4 aromatic rings. The van der Waals surface area contributed by atoms with Crippen LogP contribution in [0.4, 0.5) is 21.5 Å². The molecule has 38 heavy (non-hydrogen) atoms. The number of hydrogen-bond donors (Lipinski definition) is 2. The van der Waals surface area contributed by atoms with Gasteiger partial charge in [-0.15, -0.1) is 0 Å². The number of amides is 1. The van der Waals surface area contributed by atoms with Gasteiger partial charge >= 0.3 is 5.97 Å². The van der Waals surface area contributed by atoms with Gasteiger partial charge in [0, 0.05) is 18.1 Å². The molecule has 7 nitrogen and oxygen atoms in total. The van der Waals surface area contributed by atoms with Gasteiger partial charge in [0.1, 0.15) is 17.2 Å². The van der Waals surface area contributed by atoms with Gasteiger partial charge in [-0.2, -0.15) is 0 Å². The Morgan fingerprint density at radius 3 is 2.29 bits per heavy atom. The van der Waals surface area contributed by atoms with Gasteiger partial charge in [0.05, 0.1) is 40.3 Å². The molecule has 0 heterocycles. The van der Waals surface area contributed by atoms with Crippen molar-refractivity contribution in [2.75, 3.05) is 24.4 Å². The Bertz CT molecular complexity index is 1530. The second-order valence-corrected chi connectivity index (χ2v) is 8.88. The van der Waals surface area contributed by atoms with Crippen LogP contribution in [0.3, 0.4) is 0 Å². The van der Waals surface area contributed by atoms with Crippen molar-refractivity contribution in [2.24, 2.45) is 0 Å². The SMILES string of the molecule is COc1ccccc1N(C)c1ccc(Oc2ccc(NC(=O)c3ccc(Cl)cc3Cl)c(C(=O)O)c2)cc1F. The number of aromatic carboxylic acids is 1. The molecule has 0 radical (unpaired) electrons.